The standard InChI is InChI=1S/C25H35FN4O4/c1-25(2,3)27-24(32)29(11-10-28-12-15-33-16-13-28)19-23(31)30(18-22-5-4-14-34-22)17-20-6-8-21(26)9-7-20/h4-9,14H,10-13,15-19H2,1-3H3,(H,27,32). The van der Waals surface area contributed by atoms with Crippen LogP contribution in [0.3, 0.4) is 0 Å². The summed E-state index contributed by atoms with van der Waals surface area (Å²) < 4.78 is 24.2. The van der Waals surface area contributed by atoms with Crippen molar-refractivity contribution in [1.82, 2.24) is 20.0 Å². The van der Waals surface area contributed by atoms with Gasteiger partial charge in [-0.3, -0.25) is 9.69 Å². The maximum Gasteiger partial charge on any atom is 0.318 e. The Morgan fingerprint density at radius 3 is 2.38 bits per heavy atom. The molecule has 0 radical (unpaired) electrons. The number of morpholine rings is 1. The van der Waals surface area contributed by atoms with E-state index in [1.807, 2.05) is 20.8 Å². The number of hydrogen-bond acceptors (Lipinski definition) is 5. The van der Waals surface area contributed by atoms with E-state index in [-0.39, 0.29) is 37.4 Å². The van der Waals surface area contributed by atoms with Gasteiger partial charge in [-0.05, 0) is 50.6 Å². The quantitative estimate of drug-likeness (QED) is 0.604. The van der Waals surface area contributed by atoms with Gasteiger partial charge >= 0.3 is 6.03 Å². The SMILES string of the molecule is CC(C)(C)NC(=O)N(CCN1CCOCC1)CC(=O)N(Cc1ccc(F)cc1)Cc1ccco1. The topological polar surface area (TPSA) is 78.3 Å². The summed E-state index contributed by atoms with van der Waals surface area (Å²) in [6, 6.07) is 9.33. The van der Waals surface area contributed by atoms with E-state index in [1.54, 1.807) is 40.3 Å². The molecule has 1 N–H and O–H groups in total. The third kappa shape index (κ3) is 8.46. The molecule has 0 saturated carbocycles. The smallest absolute Gasteiger partial charge is 0.318 e. The first-order valence-corrected chi connectivity index (χ1v) is 11.6. The van der Waals surface area contributed by atoms with Crippen LogP contribution in [0.15, 0.2) is 47.1 Å². The number of halogens is 1. The van der Waals surface area contributed by atoms with Crippen molar-refractivity contribution in [3.63, 3.8) is 0 Å². The van der Waals surface area contributed by atoms with Gasteiger partial charge in [0, 0.05) is 38.3 Å². The van der Waals surface area contributed by atoms with Crippen LogP contribution in [0.5, 0.6) is 0 Å². The normalized spacial score (nSPS) is 14.6. The Hall–Kier alpha value is -2.91. The van der Waals surface area contributed by atoms with Crippen LogP contribution in [0, 0.1) is 5.82 Å². The highest BCUT2D eigenvalue weighted by molar-refractivity contribution is 5.84. The van der Waals surface area contributed by atoms with Gasteiger partial charge in [0.25, 0.3) is 0 Å². The first-order chi connectivity index (χ1) is 16.2. The van der Waals surface area contributed by atoms with Gasteiger partial charge in [-0.15, -0.1) is 0 Å². The Balaban J connectivity index is 1.72. The number of carbonyl (C=O) groups excluding carboxylic acids is 2. The molecule has 1 aromatic heterocycles. The number of urea groups is 1. The molecule has 3 rings (SSSR count). The molecule has 0 spiro atoms. The highest BCUT2D eigenvalue weighted by atomic mass is 19.1. The Kier molecular flexibility index (Phi) is 9.06. The van der Waals surface area contributed by atoms with Crippen molar-refractivity contribution in [1.29, 1.82) is 0 Å². The molecule has 34 heavy (non-hydrogen) atoms. The Bertz CT molecular complexity index is 906. The van der Waals surface area contributed by atoms with E-state index in [9.17, 15) is 14.0 Å². The van der Waals surface area contributed by atoms with Gasteiger partial charge in [0.2, 0.25) is 5.91 Å². The predicted molar refractivity (Wildman–Crippen MR) is 126 cm³/mol. The van der Waals surface area contributed by atoms with Gasteiger partial charge in [-0.25, -0.2) is 9.18 Å². The lowest BCUT2D eigenvalue weighted by Crippen LogP contribution is -2.53. The first-order valence-electron chi connectivity index (χ1n) is 11.6. The molecule has 1 aliphatic rings. The van der Waals surface area contributed by atoms with E-state index in [4.69, 9.17) is 9.15 Å². The van der Waals surface area contributed by atoms with E-state index in [2.05, 4.69) is 10.2 Å². The van der Waals surface area contributed by atoms with Crippen LogP contribution in [0.1, 0.15) is 32.1 Å². The van der Waals surface area contributed by atoms with Crippen LogP contribution in [0.2, 0.25) is 0 Å². The zero-order valence-corrected chi connectivity index (χ0v) is 20.3. The molecule has 0 bridgehead atoms. The van der Waals surface area contributed by atoms with Gasteiger partial charge in [0.1, 0.15) is 18.1 Å². The number of benzene rings is 1. The monoisotopic (exact) mass is 474 g/mol. The molecule has 0 unspecified atom stereocenters. The van der Waals surface area contributed by atoms with Crippen molar-refractivity contribution in [2.75, 3.05) is 45.9 Å². The largest absolute Gasteiger partial charge is 0.467 e. The van der Waals surface area contributed by atoms with Crippen molar-refractivity contribution in [3.8, 4) is 0 Å². The molecule has 0 aliphatic carbocycles. The minimum Gasteiger partial charge on any atom is -0.467 e. The second-order valence-corrected chi connectivity index (χ2v) is 9.51. The molecule has 1 aliphatic heterocycles. The second-order valence-electron chi connectivity index (χ2n) is 9.51. The van der Waals surface area contributed by atoms with Crippen molar-refractivity contribution in [2.45, 2.75) is 39.4 Å². The number of hydrogen-bond donors (Lipinski definition) is 1. The number of nitrogens with one attached hydrogen (secondary N) is 1. The maximum atomic E-state index is 13.4. The number of ether oxygens (including phenoxy) is 1. The zero-order valence-electron chi connectivity index (χ0n) is 20.3. The van der Waals surface area contributed by atoms with E-state index in [1.165, 1.54) is 12.1 Å². The Morgan fingerprint density at radius 1 is 1.06 bits per heavy atom. The van der Waals surface area contributed by atoms with E-state index in [0.29, 0.717) is 32.1 Å². The molecule has 3 amide bonds. The average molecular weight is 475 g/mol. The summed E-state index contributed by atoms with van der Waals surface area (Å²) in [5.74, 6) is 0.0852. The van der Waals surface area contributed by atoms with E-state index in [0.717, 1.165) is 18.7 Å². The predicted octanol–water partition coefficient (Wildman–Crippen LogP) is 3.09. The molecule has 186 valence electrons. The van der Waals surface area contributed by atoms with Gasteiger partial charge in [-0.1, -0.05) is 12.1 Å². The number of carbonyl (C=O) groups is 2. The fourth-order valence-corrected chi connectivity index (χ4v) is 3.64. The molecule has 9 heteroatoms. The number of rotatable bonds is 9. The molecule has 2 heterocycles. The van der Waals surface area contributed by atoms with Crippen molar-refractivity contribution < 1.29 is 23.1 Å². The third-order valence-corrected chi connectivity index (χ3v) is 5.45. The summed E-state index contributed by atoms with van der Waals surface area (Å²) >= 11 is 0. The number of amides is 3. The van der Waals surface area contributed by atoms with E-state index >= 15 is 0 Å². The molecular weight excluding hydrogens is 439 g/mol. The maximum absolute atomic E-state index is 13.4. The molecule has 1 saturated heterocycles. The lowest BCUT2D eigenvalue weighted by molar-refractivity contribution is -0.133. The highest BCUT2D eigenvalue weighted by Gasteiger charge is 2.25. The van der Waals surface area contributed by atoms with Crippen molar-refractivity contribution in [2.24, 2.45) is 0 Å². The summed E-state index contributed by atoms with van der Waals surface area (Å²) in [7, 11) is 0. The molecule has 0 atom stereocenters. The average Bonchev–Trinajstić information content (AvgIpc) is 3.30. The molecular formula is C25H35FN4O4. The van der Waals surface area contributed by atoms with Crippen molar-refractivity contribution >= 4 is 11.9 Å². The fourth-order valence-electron chi connectivity index (χ4n) is 3.64. The number of nitrogens with zero attached hydrogens (tertiary/aromatic N) is 3. The summed E-state index contributed by atoms with van der Waals surface area (Å²) in [5.41, 5.74) is 0.361. The van der Waals surface area contributed by atoms with Crippen LogP contribution >= 0.6 is 0 Å². The van der Waals surface area contributed by atoms with Crippen LogP contribution in [-0.4, -0.2) is 78.1 Å². The molecule has 2 aromatic rings. The van der Waals surface area contributed by atoms with Crippen LogP contribution in [0.25, 0.3) is 0 Å². The summed E-state index contributed by atoms with van der Waals surface area (Å²) in [4.78, 5) is 31.9. The van der Waals surface area contributed by atoms with Crippen LogP contribution in [0.4, 0.5) is 9.18 Å². The van der Waals surface area contributed by atoms with E-state index < -0.39 is 5.54 Å². The zero-order chi connectivity index (χ0) is 24.6. The van der Waals surface area contributed by atoms with Crippen LogP contribution in [-0.2, 0) is 22.6 Å². The van der Waals surface area contributed by atoms with Crippen molar-refractivity contribution in [3.05, 3.63) is 59.8 Å². The van der Waals surface area contributed by atoms with Gasteiger partial charge in [0.05, 0.1) is 26.0 Å². The van der Waals surface area contributed by atoms with Gasteiger partial charge in [0.15, 0.2) is 0 Å². The Labute approximate surface area is 200 Å². The van der Waals surface area contributed by atoms with Gasteiger partial charge in [-0.2, -0.15) is 0 Å². The fraction of sp³-hybridized carbons (Fsp3) is 0.520. The minimum absolute atomic E-state index is 0.0752. The van der Waals surface area contributed by atoms with Gasteiger partial charge < -0.3 is 24.3 Å². The third-order valence-electron chi connectivity index (χ3n) is 5.45. The second kappa shape index (κ2) is 12.0. The molecule has 8 nitrogen and oxygen atoms in total. The first kappa shape index (κ1) is 25.7. The summed E-state index contributed by atoms with van der Waals surface area (Å²) in [5, 5.41) is 2.97. The highest BCUT2D eigenvalue weighted by Crippen LogP contribution is 2.13. The lowest BCUT2D eigenvalue weighted by atomic mass is 10.1. The summed E-state index contributed by atoms with van der Waals surface area (Å²) in [6.07, 6.45) is 1.56. The molecule has 1 fully saturated rings. The number of furan rings is 1. The Morgan fingerprint density at radius 2 is 1.76 bits per heavy atom. The molecule has 1 aromatic carbocycles. The lowest BCUT2D eigenvalue weighted by Gasteiger charge is -2.33. The van der Waals surface area contributed by atoms with Crippen LogP contribution < -0.4 is 5.32 Å². The minimum atomic E-state index is -0.431. The summed E-state index contributed by atoms with van der Waals surface area (Å²) in [6.45, 7) is 10.2.